The first kappa shape index (κ1) is 16.9. The lowest BCUT2D eigenvalue weighted by Crippen LogP contribution is -2.36. The maximum atomic E-state index is 11.8. The van der Waals surface area contributed by atoms with Gasteiger partial charge in [0.1, 0.15) is 0 Å². The standard InChI is InChI=1S/C17H27N3O2/c1-18-17(22)11-15(14-5-3-2-4-6-14)12-20-9-7-16(13-20)19-8-10-21/h2-6,15-16,19,21H,7-13H2,1H3,(H,18,22)/t15-,16+/m1/s1. The van der Waals surface area contributed by atoms with Crippen LogP contribution in [0.5, 0.6) is 0 Å². The van der Waals surface area contributed by atoms with Crippen LogP contribution >= 0.6 is 0 Å². The van der Waals surface area contributed by atoms with Crippen molar-refractivity contribution in [2.75, 3.05) is 39.8 Å². The molecule has 1 fully saturated rings. The quantitative estimate of drug-likeness (QED) is 0.657. The first-order chi connectivity index (χ1) is 10.7. The van der Waals surface area contributed by atoms with E-state index in [-0.39, 0.29) is 18.4 Å². The van der Waals surface area contributed by atoms with Gasteiger partial charge in [-0.25, -0.2) is 0 Å². The number of amides is 1. The van der Waals surface area contributed by atoms with Crippen molar-refractivity contribution in [2.24, 2.45) is 0 Å². The third kappa shape index (κ3) is 5.09. The van der Waals surface area contributed by atoms with Gasteiger partial charge in [-0.15, -0.1) is 0 Å². The summed E-state index contributed by atoms with van der Waals surface area (Å²) in [5.74, 6) is 0.306. The predicted molar refractivity (Wildman–Crippen MR) is 87.8 cm³/mol. The molecule has 0 spiro atoms. The maximum absolute atomic E-state index is 11.8. The normalized spacial score (nSPS) is 20.0. The summed E-state index contributed by atoms with van der Waals surface area (Å²) in [5, 5.41) is 15.0. The molecule has 0 radical (unpaired) electrons. The second-order valence-corrected chi connectivity index (χ2v) is 5.91. The molecule has 1 aliphatic heterocycles. The number of likely N-dealkylation sites (tertiary alicyclic amines) is 1. The average Bonchev–Trinajstić information content (AvgIpc) is 3.00. The van der Waals surface area contributed by atoms with Crippen LogP contribution in [0.15, 0.2) is 30.3 Å². The highest BCUT2D eigenvalue weighted by atomic mass is 16.3. The lowest BCUT2D eigenvalue weighted by molar-refractivity contribution is -0.121. The van der Waals surface area contributed by atoms with Crippen LogP contribution in [0.3, 0.4) is 0 Å². The fourth-order valence-corrected chi connectivity index (χ4v) is 3.08. The Morgan fingerprint density at radius 2 is 2.18 bits per heavy atom. The monoisotopic (exact) mass is 305 g/mol. The minimum atomic E-state index is 0.0861. The van der Waals surface area contributed by atoms with E-state index in [4.69, 9.17) is 5.11 Å². The zero-order valence-corrected chi connectivity index (χ0v) is 13.3. The molecular formula is C17H27N3O2. The van der Waals surface area contributed by atoms with Gasteiger partial charge in [-0.3, -0.25) is 4.79 Å². The number of hydrogen-bond acceptors (Lipinski definition) is 4. The Balaban J connectivity index is 1.94. The van der Waals surface area contributed by atoms with Gasteiger partial charge in [0.2, 0.25) is 5.91 Å². The Labute approximate surface area is 132 Å². The minimum Gasteiger partial charge on any atom is -0.395 e. The van der Waals surface area contributed by atoms with Crippen LogP contribution < -0.4 is 10.6 Å². The molecule has 1 aliphatic rings. The van der Waals surface area contributed by atoms with E-state index in [9.17, 15) is 4.79 Å². The molecule has 1 aromatic carbocycles. The second kappa shape index (κ2) is 8.88. The fraction of sp³-hybridized carbons (Fsp3) is 0.588. The molecule has 1 heterocycles. The number of aliphatic hydroxyl groups excluding tert-OH is 1. The van der Waals surface area contributed by atoms with Crippen molar-refractivity contribution in [1.29, 1.82) is 0 Å². The number of nitrogens with one attached hydrogen (secondary N) is 2. The summed E-state index contributed by atoms with van der Waals surface area (Å²) in [6.07, 6.45) is 1.62. The van der Waals surface area contributed by atoms with Crippen LogP contribution in [0.4, 0.5) is 0 Å². The predicted octanol–water partition coefficient (Wildman–Crippen LogP) is 0.563. The summed E-state index contributed by atoms with van der Waals surface area (Å²) in [4.78, 5) is 14.2. The van der Waals surface area contributed by atoms with Gasteiger partial charge in [0.25, 0.3) is 0 Å². The van der Waals surface area contributed by atoms with Gasteiger partial charge in [-0.1, -0.05) is 30.3 Å². The summed E-state index contributed by atoms with van der Waals surface area (Å²) in [6, 6.07) is 10.7. The summed E-state index contributed by atoms with van der Waals surface area (Å²) in [5.41, 5.74) is 1.22. The van der Waals surface area contributed by atoms with Gasteiger partial charge in [0.15, 0.2) is 0 Å². The zero-order chi connectivity index (χ0) is 15.8. The summed E-state index contributed by atoms with van der Waals surface area (Å²) >= 11 is 0. The average molecular weight is 305 g/mol. The van der Waals surface area contributed by atoms with Crippen LogP contribution in [0.2, 0.25) is 0 Å². The van der Waals surface area contributed by atoms with Crippen molar-refractivity contribution in [3.05, 3.63) is 35.9 Å². The van der Waals surface area contributed by atoms with Crippen molar-refractivity contribution in [2.45, 2.75) is 24.8 Å². The maximum Gasteiger partial charge on any atom is 0.220 e. The molecule has 3 N–H and O–H groups in total. The molecule has 2 atom stereocenters. The zero-order valence-electron chi connectivity index (χ0n) is 13.3. The Hall–Kier alpha value is -1.43. The lowest BCUT2D eigenvalue weighted by Gasteiger charge is -2.24. The lowest BCUT2D eigenvalue weighted by atomic mass is 9.95. The van der Waals surface area contributed by atoms with E-state index < -0.39 is 0 Å². The topological polar surface area (TPSA) is 64.6 Å². The van der Waals surface area contributed by atoms with E-state index in [1.165, 1.54) is 5.56 Å². The van der Waals surface area contributed by atoms with Gasteiger partial charge in [-0.05, 0) is 18.5 Å². The van der Waals surface area contributed by atoms with E-state index in [0.717, 1.165) is 26.1 Å². The highest BCUT2D eigenvalue weighted by Crippen LogP contribution is 2.23. The van der Waals surface area contributed by atoms with E-state index in [2.05, 4.69) is 27.7 Å². The van der Waals surface area contributed by atoms with Crippen LogP contribution in [0, 0.1) is 0 Å². The van der Waals surface area contributed by atoms with Crippen molar-refractivity contribution >= 4 is 5.91 Å². The third-order valence-corrected chi connectivity index (χ3v) is 4.28. The van der Waals surface area contributed by atoms with Gasteiger partial charge in [0, 0.05) is 45.1 Å². The molecule has 0 saturated carbocycles. The van der Waals surface area contributed by atoms with E-state index in [0.29, 0.717) is 19.0 Å². The molecule has 5 heteroatoms. The molecular weight excluding hydrogens is 278 g/mol. The molecule has 5 nitrogen and oxygen atoms in total. The SMILES string of the molecule is CNC(=O)C[C@H](CN1CC[C@H](NCCO)C1)c1ccccc1. The smallest absolute Gasteiger partial charge is 0.220 e. The van der Waals surface area contributed by atoms with Gasteiger partial charge >= 0.3 is 0 Å². The molecule has 0 aromatic heterocycles. The number of carbonyl (C=O) groups is 1. The van der Waals surface area contributed by atoms with Crippen molar-refractivity contribution in [3.8, 4) is 0 Å². The van der Waals surface area contributed by atoms with Gasteiger partial charge < -0.3 is 20.6 Å². The Kier molecular flexibility index (Phi) is 6.83. The van der Waals surface area contributed by atoms with Crippen molar-refractivity contribution < 1.29 is 9.90 Å². The van der Waals surface area contributed by atoms with Crippen LogP contribution in [0.1, 0.15) is 24.3 Å². The number of rotatable bonds is 8. The number of benzene rings is 1. The third-order valence-electron chi connectivity index (χ3n) is 4.28. The van der Waals surface area contributed by atoms with Crippen molar-refractivity contribution in [3.63, 3.8) is 0 Å². The summed E-state index contributed by atoms with van der Waals surface area (Å²) in [7, 11) is 1.69. The van der Waals surface area contributed by atoms with Crippen LogP contribution in [0.25, 0.3) is 0 Å². The number of hydrogen-bond donors (Lipinski definition) is 3. The molecule has 0 bridgehead atoms. The van der Waals surface area contributed by atoms with Crippen molar-refractivity contribution in [1.82, 2.24) is 15.5 Å². The van der Waals surface area contributed by atoms with E-state index >= 15 is 0 Å². The van der Waals surface area contributed by atoms with Gasteiger partial charge in [0.05, 0.1) is 6.61 Å². The molecule has 1 saturated heterocycles. The molecule has 0 aliphatic carbocycles. The number of nitrogens with zero attached hydrogens (tertiary/aromatic N) is 1. The van der Waals surface area contributed by atoms with Crippen LogP contribution in [-0.2, 0) is 4.79 Å². The van der Waals surface area contributed by atoms with Gasteiger partial charge in [-0.2, -0.15) is 0 Å². The second-order valence-electron chi connectivity index (χ2n) is 5.91. The molecule has 0 unspecified atom stereocenters. The highest BCUT2D eigenvalue weighted by molar-refractivity contribution is 5.76. The molecule has 2 rings (SSSR count). The summed E-state index contributed by atoms with van der Waals surface area (Å²) < 4.78 is 0. The summed E-state index contributed by atoms with van der Waals surface area (Å²) in [6.45, 7) is 3.75. The molecule has 1 amide bonds. The molecule has 1 aromatic rings. The number of aliphatic hydroxyl groups is 1. The molecule has 22 heavy (non-hydrogen) atoms. The Bertz CT molecular complexity index is 452. The number of carbonyl (C=O) groups excluding carboxylic acids is 1. The first-order valence-corrected chi connectivity index (χ1v) is 8.05. The highest BCUT2D eigenvalue weighted by Gasteiger charge is 2.25. The molecule has 122 valence electrons. The van der Waals surface area contributed by atoms with E-state index in [1.54, 1.807) is 7.05 Å². The Morgan fingerprint density at radius 3 is 2.86 bits per heavy atom. The minimum absolute atomic E-state index is 0.0861. The first-order valence-electron chi connectivity index (χ1n) is 8.05. The van der Waals surface area contributed by atoms with Crippen LogP contribution in [-0.4, -0.2) is 61.8 Å². The largest absolute Gasteiger partial charge is 0.395 e. The van der Waals surface area contributed by atoms with E-state index in [1.807, 2.05) is 18.2 Å². The Morgan fingerprint density at radius 1 is 1.41 bits per heavy atom. The fourth-order valence-electron chi connectivity index (χ4n) is 3.08.